The van der Waals surface area contributed by atoms with Crippen molar-refractivity contribution in [2.75, 3.05) is 13.2 Å². The third kappa shape index (κ3) is 6.88. The molecule has 0 spiro atoms. The number of esters is 1. The Morgan fingerprint density at radius 2 is 1.52 bits per heavy atom. The fourth-order valence-corrected chi connectivity index (χ4v) is 3.60. The van der Waals surface area contributed by atoms with Crippen molar-refractivity contribution >= 4 is 23.4 Å². The van der Waals surface area contributed by atoms with Crippen LogP contribution in [0.4, 0.5) is 0 Å². The van der Waals surface area contributed by atoms with Crippen molar-refractivity contribution in [3.63, 3.8) is 0 Å². The molecular weight excluding hydrogens is 394 g/mol. The number of ketones is 2. The van der Waals surface area contributed by atoms with Gasteiger partial charge in [0.05, 0.1) is 6.42 Å². The largest absolute Gasteiger partial charge is 0.457 e. The van der Waals surface area contributed by atoms with E-state index in [0.29, 0.717) is 11.1 Å². The first-order valence-corrected chi connectivity index (χ1v) is 10.7. The minimum atomic E-state index is -0.549. The van der Waals surface area contributed by atoms with Gasteiger partial charge >= 0.3 is 5.97 Å². The van der Waals surface area contributed by atoms with Crippen LogP contribution >= 0.6 is 0 Å². The Morgan fingerprint density at radius 1 is 0.774 bits per heavy atom. The summed E-state index contributed by atoms with van der Waals surface area (Å²) in [5.74, 6) is -1.18. The molecule has 0 heterocycles. The zero-order valence-corrected chi connectivity index (χ0v) is 17.5. The van der Waals surface area contributed by atoms with Crippen LogP contribution in [0.1, 0.15) is 63.9 Å². The smallest absolute Gasteiger partial charge is 0.308 e. The molecule has 0 aliphatic heterocycles. The van der Waals surface area contributed by atoms with Crippen LogP contribution in [0.3, 0.4) is 0 Å². The molecule has 0 saturated carbocycles. The number of amides is 1. The normalized spacial score (nSPS) is 12.5. The fraction of sp³-hybridized carbons (Fsp3) is 0.360. The van der Waals surface area contributed by atoms with E-state index >= 15 is 0 Å². The fourth-order valence-electron chi connectivity index (χ4n) is 3.60. The molecule has 31 heavy (non-hydrogen) atoms. The highest BCUT2D eigenvalue weighted by atomic mass is 16.5. The van der Waals surface area contributed by atoms with Crippen LogP contribution in [0, 0.1) is 0 Å². The molecule has 6 nitrogen and oxygen atoms in total. The molecule has 0 aromatic heterocycles. The summed E-state index contributed by atoms with van der Waals surface area (Å²) in [6.07, 6.45) is 4.46. The number of rotatable bonds is 10. The zero-order chi connectivity index (χ0) is 22.1. The summed E-state index contributed by atoms with van der Waals surface area (Å²) in [6.45, 7) is -0.207. The monoisotopic (exact) mass is 421 g/mol. The molecule has 1 aliphatic carbocycles. The lowest BCUT2D eigenvalue weighted by Crippen LogP contribution is -2.27. The molecule has 1 amide bonds. The minimum absolute atomic E-state index is 0.0319. The second-order valence-electron chi connectivity index (χ2n) is 7.66. The quantitative estimate of drug-likeness (QED) is 0.469. The number of hydrogen-bond donors (Lipinski definition) is 1. The third-order valence-corrected chi connectivity index (χ3v) is 5.36. The number of carbonyl (C=O) groups excluding carboxylic acids is 4. The van der Waals surface area contributed by atoms with Gasteiger partial charge in [0.2, 0.25) is 5.91 Å². The van der Waals surface area contributed by atoms with Crippen LogP contribution < -0.4 is 5.32 Å². The highest BCUT2D eigenvalue weighted by molar-refractivity contribution is 5.98. The zero-order valence-electron chi connectivity index (χ0n) is 17.5. The second-order valence-corrected chi connectivity index (χ2v) is 7.66. The Morgan fingerprint density at radius 3 is 2.29 bits per heavy atom. The number of carbonyl (C=O) groups is 4. The molecule has 0 saturated heterocycles. The Kier molecular flexibility index (Phi) is 8.10. The molecule has 1 N–H and O–H groups in total. The van der Waals surface area contributed by atoms with Gasteiger partial charge in [-0.1, -0.05) is 42.5 Å². The van der Waals surface area contributed by atoms with Gasteiger partial charge in [-0.2, -0.15) is 0 Å². The van der Waals surface area contributed by atoms with Crippen LogP contribution in [0.5, 0.6) is 0 Å². The third-order valence-electron chi connectivity index (χ3n) is 5.36. The van der Waals surface area contributed by atoms with E-state index in [2.05, 4.69) is 5.32 Å². The Bertz CT molecular complexity index is 952. The molecule has 3 rings (SSSR count). The van der Waals surface area contributed by atoms with Crippen molar-refractivity contribution in [1.29, 1.82) is 0 Å². The summed E-state index contributed by atoms with van der Waals surface area (Å²) < 4.78 is 5.05. The molecule has 0 bridgehead atoms. The lowest BCUT2D eigenvalue weighted by Gasteiger charge is -2.16. The number of benzene rings is 2. The minimum Gasteiger partial charge on any atom is -0.457 e. The van der Waals surface area contributed by atoms with Crippen LogP contribution in [0.15, 0.2) is 48.5 Å². The number of Topliss-reactive ketones (excluding diaryl/α,β-unsaturated/α-hetero) is 2. The standard InChI is InChI=1S/C25H27NO5/c27-22(19-7-2-1-3-8-19)12-13-24(29)26-15-14-25(30)31-17-23(28)21-11-10-18-6-4-5-9-20(18)16-21/h1-3,7-8,10-11,16H,4-6,9,12-15,17H2,(H,26,29). The molecule has 0 unspecified atom stereocenters. The average molecular weight is 421 g/mol. The van der Waals surface area contributed by atoms with Gasteiger partial charge in [0.25, 0.3) is 0 Å². The summed E-state index contributed by atoms with van der Waals surface area (Å²) in [5, 5.41) is 2.60. The van der Waals surface area contributed by atoms with Crippen molar-refractivity contribution in [2.24, 2.45) is 0 Å². The van der Waals surface area contributed by atoms with Crippen LogP contribution in [-0.2, 0) is 27.2 Å². The van der Waals surface area contributed by atoms with E-state index in [1.807, 2.05) is 18.2 Å². The predicted molar refractivity (Wildman–Crippen MR) is 116 cm³/mol. The van der Waals surface area contributed by atoms with E-state index in [1.165, 1.54) is 17.5 Å². The van der Waals surface area contributed by atoms with E-state index in [-0.39, 0.29) is 49.9 Å². The Hall–Kier alpha value is -3.28. The van der Waals surface area contributed by atoms with E-state index < -0.39 is 5.97 Å². The van der Waals surface area contributed by atoms with Gasteiger partial charge in [0.1, 0.15) is 0 Å². The molecule has 2 aromatic carbocycles. The summed E-state index contributed by atoms with van der Waals surface area (Å²) in [5.41, 5.74) is 3.63. The summed E-state index contributed by atoms with van der Waals surface area (Å²) in [7, 11) is 0. The number of fused-ring (bicyclic) bond motifs is 1. The van der Waals surface area contributed by atoms with E-state index in [1.54, 1.807) is 30.3 Å². The van der Waals surface area contributed by atoms with Crippen LogP contribution in [-0.4, -0.2) is 36.6 Å². The van der Waals surface area contributed by atoms with Crippen LogP contribution in [0.25, 0.3) is 0 Å². The van der Waals surface area contributed by atoms with Crippen molar-refractivity contribution in [3.05, 3.63) is 70.8 Å². The summed E-state index contributed by atoms with van der Waals surface area (Å²) in [6, 6.07) is 14.5. The van der Waals surface area contributed by atoms with Crippen molar-refractivity contribution in [3.8, 4) is 0 Å². The van der Waals surface area contributed by atoms with Gasteiger partial charge in [-0.25, -0.2) is 0 Å². The number of ether oxygens (including phenoxy) is 1. The Balaban J connectivity index is 1.32. The highest BCUT2D eigenvalue weighted by Gasteiger charge is 2.15. The lowest BCUT2D eigenvalue weighted by molar-refractivity contribution is -0.142. The number of aryl methyl sites for hydroxylation is 2. The van der Waals surface area contributed by atoms with Gasteiger partial charge in [-0.05, 0) is 42.9 Å². The molecule has 1 aliphatic rings. The molecule has 0 radical (unpaired) electrons. The molecule has 0 fully saturated rings. The van der Waals surface area contributed by atoms with E-state index in [4.69, 9.17) is 4.74 Å². The van der Waals surface area contributed by atoms with Gasteiger partial charge in [-0.15, -0.1) is 0 Å². The van der Waals surface area contributed by atoms with Crippen LogP contribution in [0.2, 0.25) is 0 Å². The molecule has 2 aromatic rings. The van der Waals surface area contributed by atoms with Gasteiger partial charge in [0, 0.05) is 30.5 Å². The topological polar surface area (TPSA) is 89.5 Å². The predicted octanol–water partition coefficient (Wildman–Crippen LogP) is 3.46. The maximum atomic E-state index is 12.3. The van der Waals surface area contributed by atoms with E-state index in [0.717, 1.165) is 19.3 Å². The Labute approximate surface area is 182 Å². The van der Waals surface area contributed by atoms with Gasteiger partial charge in [-0.3, -0.25) is 19.2 Å². The number of nitrogens with one attached hydrogen (secondary N) is 1. The highest BCUT2D eigenvalue weighted by Crippen LogP contribution is 2.22. The lowest BCUT2D eigenvalue weighted by atomic mass is 9.90. The summed E-state index contributed by atoms with van der Waals surface area (Å²) in [4.78, 5) is 48.0. The summed E-state index contributed by atoms with van der Waals surface area (Å²) >= 11 is 0. The van der Waals surface area contributed by atoms with Crippen molar-refractivity contribution in [1.82, 2.24) is 5.32 Å². The maximum absolute atomic E-state index is 12.3. The van der Waals surface area contributed by atoms with E-state index in [9.17, 15) is 19.2 Å². The molecule has 162 valence electrons. The molecule has 6 heteroatoms. The average Bonchev–Trinajstić information content (AvgIpc) is 2.81. The SMILES string of the molecule is O=C(CCC(=O)c1ccccc1)NCCC(=O)OCC(=O)c1ccc2c(c1)CCCC2. The van der Waals surface area contributed by atoms with Crippen molar-refractivity contribution < 1.29 is 23.9 Å². The van der Waals surface area contributed by atoms with Gasteiger partial charge in [0.15, 0.2) is 18.2 Å². The second kappa shape index (κ2) is 11.2. The number of hydrogen-bond acceptors (Lipinski definition) is 5. The van der Waals surface area contributed by atoms with Crippen molar-refractivity contribution in [2.45, 2.75) is 44.9 Å². The molecule has 0 atom stereocenters. The first kappa shape index (κ1) is 22.4. The first-order chi connectivity index (χ1) is 15.0. The first-order valence-electron chi connectivity index (χ1n) is 10.7. The van der Waals surface area contributed by atoms with Gasteiger partial charge < -0.3 is 10.1 Å². The molecular formula is C25H27NO5. The maximum Gasteiger partial charge on any atom is 0.308 e.